The lowest BCUT2D eigenvalue weighted by atomic mass is 10.0. The van der Waals surface area contributed by atoms with Crippen molar-refractivity contribution in [3.05, 3.63) is 35.4 Å². The highest BCUT2D eigenvalue weighted by Gasteiger charge is 2.52. The molecule has 2 heterocycles. The van der Waals surface area contributed by atoms with Gasteiger partial charge in [0, 0.05) is 11.8 Å². The highest BCUT2D eigenvalue weighted by atomic mass is 32.2. The number of hydrogen-bond acceptors (Lipinski definition) is 8. The van der Waals surface area contributed by atoms with Crippen molar-refractivity contribution in [3.8, 4) is 5.88 Å². The lowest BCUT2D eigenvalue weighted by molar-refractivity contribution is -0.138. The Bertz CT molecular complexity index is 915. The number of aliphatic carboxylic acids is 1. The quantitative estimate of drug-likeness (QED) is 0.585. The normalized spacial score (nSPS) is 22.0. The number of thioether (sulfide) groups is 1. The van der Waals surface area contributed by atoms with Crippen molar-refractivity contribution in [3.63, 3.8) is 0 Å². The summed E-state index contributed by atoms with van der Waals surface area (Å²) >= 11 is 0.836. The maximum atomic E-state index is 12.6. The molecule has 2 atom stereocenters. The van der Waals surface area contributed by atoms with E-state index in [-0.39, 0.29) is 11.8 Å². The number of amides is 2. The van der Waals surface area contributed by atoms with E-state index in [0.29, 0.717) is 5.69 Å². The number of nitrogens with zero attached hydrogens (tertiary/aromatic N) is 2. The zero-order chi connectivity index (χ0) is 20.2. The number of carboxylic acids is 1. The number of anilines is 1. The van der Waals surface area contributed by atoms with E-state index in [0.717, 1.165) is 11.8 Å². The van der Waals surface area contributed by atoms with Crippen molar-refractivity contribution in [1.29, 1.82) is 0 Å². The Morgan fingerprint density at radius 2 is 2.11 bits per heavy atom. The van der Waals surface area contributed by atoms with Crippen LogP contribution in [0.1, 0.15) is 12.6 Å². The predicted octanol–water partition coefficient (Wildman–Crippen LogP) is 1.27. The number of carbonyl (C=O) groups excluding carboxylic acids is 1. The fourth-order valence-corrected chi connectivity index (χ4v) is 5.41. The van der Waals surface area contributed by atoms with Gasteiger partial charge >= 0.3 is 12.0 Å². The molecular formula is C15H18N4O6S2. The molecule has 0 fully saturated rings. The molecule has 0 bridgehead atoms. The number of carbonyl (C=O) groups is 2. The van der Waals surface area contributed by atoms with Crippen molar-refractivity contribution >= 4 is 39.7 Å². The Morgan fingerprint density at radius 3 is 2.70 bits per heavy atom. The number of ether oxygens (including phenoxy) is 1. The highest BCUT2D eigenvalue weighted by molar-refractivity contribution is 8.06. The van der Waals surface area contributed by atoms with Crippen LogP contribution in [-0.4, -0.2) is 52.6 Å². The van der Waals surface area contributed by atoms with Crippen LogP contribution in [0.3, 0.4) is 0 Å². The molecule has 2 amide bonds. The first-order valence-corrected chi connectivity index (χ1v) is 10.0. The second-order valence-corrected chi connectivity index (χ2v) is 8.43. The van der Waals surface area contributed by atoms with E-state index in [1.807, 2.05) is 4.72 Å². The molecule has 10 nitrogen and oxygen atoms in total. The van der Waals surface area contributed by atoms with Gasteiger partial charge in [-0.1, -0.05) is 18.2 Å². The summed E-state index contributed by atoms with van der Waals surface area (Å²) in [5.74, 6) is -1.30. The Labute approximate surface area is 160 Å². The number of hydrogen-bond donors (Lipinski definition) is 3. The van der Waals surface area contributed by atoms with E-state index in [2.05, 4.69) is 15.3 Å². The van der Waals surface area contributed by atoms with Crippen LogP contribution in [0.15, 0.2) is 29.7 Å². The maximum Gasteiger partial charge on any atom is 0.335 e. The minimum absolute atomic E-state index is 0.158. The van der Waals surface area contributed by atoms with E-state index < -0.39 is 32.0 Å². The zero-order valence-electron chi connectivity index (χ0n) is 14.7. The van der Waals surface area contributed by atoms with Crippen LogP contribution in [0.4, 0.5) is 10.7 Å². The number of aromatic nitrogens is 2. The summed E-state index contributed by atoms with van der Waals surface area (Å²) in [5, 5.41) is 11.6. The number of urea groups is 1. The number of carboxylic acid groups (broad SMARTS) is 1. The van der Waals surface area contributed by atoms with E-state index in [1.54, 1.807) is 13.8 Å². The van der Waals surface area contributed by atoms with E-state index >= 15 is 0 Å². The lowest BCUT2D eigenvalue weighted by Crippen LogP contribution is -2.51. The van der Waals surface area contributed by atoms with Crippen molar-refractivity contribution in [2.75, 3.05) is 12.4 Å². The Balaban J connectivity index is 2.22. The minimum atomic E-state index is -4.37. The van der Waals surface area contributed by atoms with Crippen LogP contribution in [0, 0.1) is 6.92 Å². The van der Waals surface area contributed by atoms with Crippen molar-refractivity contribution in [2.45, 2.75) is 23.8 Å². The third-order valence-corrected chi connectivity index (χ3v) is 6.59. The summed E-state index contributed by atoms with van der Waals surface area (Å²) in [4.78, 5) is 31.7. The molecule has 1 aromatic heterocycles. The number of aryl methyl sites for hydroxylation is 1. The van der Waals surface area contributed by atoms with Crippen LogP contribution in [0.25, 0.3) is 0 Å². The molecule has 27 heavy (non-hydrogen) atoms. The molecule has 1 aliphatic heterocycles. The van der Waals surface area contributed by atoms with Crippen LogP contribution >= 0.6 is 11.8 Å². The van der Waals surface area contributed by atoms with Gasteiger partial charge in [-0.2, -0.15) is 4.98 Å². The van der Waals surface area contributed by atoms with Crippen LogP contribution in [-0.2, 0) is 14.8 Å². The molecular weight excluding hydrogens is 396 g/mol. The van der Waals surface area contributed by atoms with Gasteiger partial charge in [0.1, 0.15) is 5.25 Å². The summed E-state index contributed by atoms with van der Waals surface area (Å²) in [6, 6.07) is 0.409. The monoisotopic (exact) mass is 414 g/mol. The number of nitrogens with one attached hydrogen (secondary N) is 2. The molecule has 0 aliphatic carbocycles. The molecule has 0 aromatic carbocycles. The average Bonchev–Trinajstić information content (AvgIpc) is 3.00. The fraction of sp³-hybridized carbons (Fsp3) is 0.333. The van der Waals surface area contributed by atoms with Crippen molar-refractivity contribution in [1.82, 2.24) is 14.7 Å². The second-order valence-electron chi connectivity index (χ2n) is 5.44. The van der Waals surface area contributed by atoms with Crippen molar-refractivity contribution in [2.24, 2.45) is 0 Å². The van der Waals surface area contributed by atoms with Gasteiger partial charge in [-0.05, 0) is 19.3 Å². The van der Waals surface area contributed by atoms with Crippen molar-refractivity contribution < 1.29 is 27.9 Å². The van der Waals surface area contributed by atoms with Gasteiger partial charge in [0.2, 0.25) is 21.9 Å². The molecule has 3 N–H and O–H groups in total. The SMILES string of the molecule is CC=CC1(C(=O)O)SC=CC1S(=O)(=O)NC(=O)Nc1nc(C)cc(OC)n1. The van der Waals surface area contributed by atoms with Crippen LogP contribution < -0.4 is 14.8 Å². The molecule has 1 aliphatic rings. The maximum absolute atomic E-state index is 12.6. The zero-order valence-corrected chi connectivity index (χ0v) is 16.3. The Morgan fingerprint density at radius 1 is 1.41 bits per heavy atom. The predicted molar refractivity (Wildman–Crippen MR) is 100 cm³/mol. The molecule has 0 saturated heterocycles. The summed E-state index contributed by atoms with van der Waals surface area (Å²) in [5.41, 5.74) is 0.494. The molecule has 1 aromatic rings. The number of methoxy groups -OCH3 is 1. The first-order valence-electron chi connectivity index (χ1n) is 7.58. The van der Waals surface area contributed by atoms with Gasteiger partial charge in [0.25, 0.3) is 0 Å². The standard InChI is InChI=1S/C15H18N4O6S2/c1-4-6-15(12(20)21)10(5-7-26-15)27(23,24)19-14(22)18-13-16-9(2)8-11(17-13)25-3/h4-8,10H,1-3H3,(H,20,21)(H2,16,17,18,19,22). The number of rotatable bonds is 6. The molecule has 0 spiro atoms. The van der Waals surface area contributed by atoms with Gasteiger partial charge in [0.15, 0.2) is 4.75 Å². The topological polar surface area (TPSA) is 148 Å². The van der Waals surface area contributed by atoms with Crippen LogP contribution in [0.5, 0.6) is 5.88 Å². The largest absolute Gasteiger partial charge is 0.481 e. The van der Waals surface area contributed by atoms with Gasteiger partial charge in [0.05, 0.1) is 7.11 Å². The summed E-state index contributed by atoms with van der Waals surface area (Å²) in [6.45, 7) is 3.22. The minimum Gasteiger partial charge on any atom is -0.481 e. The first kappa shape index (κ1) is 20.7. The third-order valence-electron chi connectivity index (χ3n) is 3.52. The summed E-state index contributed by atoms with van der Waals surface area (Å²) in [7, 11) is -2.99. The summed E-state index contributed by atoms with van der Waals surface area (Å²) < 4.78 is 30.2. The molecule has 2 rings (SSSR count). The van der Waals surface area contributed by atoms with Gasteiger partial charge in [-0.25, -0.2) is 22.9 Å². The second kappa shape index (κ2) is 7.96. The number of allylic oxidation sites excluding steroid dienone is 1. The molecule has 2 unspecified atom stereocenters. The number of sulfonamides is 1. The lowest BCUT2D eigenvalue weighted by Gasteiger charge is -2.26. The first-order chi connectivity index (χ1) is 12.6. The van der Waals surface area contributed by atoms with Crippen LogP contribution in [0.2, 0.25) is 0 Å². The fourth-order valence-electron chi connectivity index (χ4n) is 2.41. The molecule has 12 heteroatoms. The van der Waals surface area contributed by atoms with E-state index in [4.69, 9.17) is 4.74 Å². The van der Waals surface area contributed by atoms with E-state index in [1.165, 1.54) is 36.8 Å². The highest BCUT2D eigenvalue weighted by Crippen LogP contribution is 2.41. The smallest absolute Gasteiger partial charge is 0.335 e. The van der Waals surface area contributed by atoms with Gasteiger partial charge < -0.3 is 9.84 Å². The molecule has 146 valence electrons. The molecule has 0 radical (unpaired) electrons. The van der Waals surface area contributed by atoms with Gasteiger partial charge in [-0.15, -0.1) is 11.8 Å². The Kier molecular flexibility index (Phi) is 6.11. The molecule has 0 saturated carbocycles. The van der Waals surface area contributed by atoms with Gasteiger partial charge in [-0.3, -0.25) is 10.1 Å². The third kappa shape index (κ3) is 4.39. The average molecular weight is 414 g/mol. The summed E-state index contributed by atoms with van der Waals surface area (Å²) in [6.07, 6.45) is 3.94. The van der Waals surface area contributed by atoms with E-state index in [9.17, 15) is 23.1 Å². The Hall–Kier alpha value is -2.60.